The van der Waals surface area contributed by atoms with Crippen molar-refractivity contribution >= 4 is 46.7 Å². The number of ketones is 1. The van der Waals surface area contributed by atoms with Crippen molar-refractivity contribution in [3.63, 3.8) is 0 Å². The van der Waals surface area contributed by atoms with Gasteiger partial charge < -0.3 is 29.5 Å². The number of nitriles is 1. The lowest BCUT2D eigenvalue weighted by Gasteiger charge is -2.18. The molecule has 2 saturated carbocycles. The van der Waals surface area contributed by atoms with Crippen LogP contribution in [0.5, 0.6) is 0 Å². The van der Waals surface area contributed by atoms with Crippen LogP contribution in [0.25, 0.3) is 0 Å². The van der Waals surface area contributed by atoms with Crippen LogP contribution in [0.1, 0.15) is 110 Å². The molecule has 322 valence electrons. The molecule has 1 saturated heterocycles. The van der Waals surface area contributed by atoms with Crippen molar-refractivity contribution in [1.29, 1.82) is 5.26 Å². The number of hydrogen-bond donors (Lipinski definition) is 1. The Balaban J connectivity index is 0.000000128. The number of fused-ring (bicyclic) bond motifs is 3. The van der Waals surface area contributed by atoms with Crippen molar-refractivity contribution in [3.05, 3.63) is 124 Å². The van der Waals surface area contributed by atoms with Gasteiger partial charge in [-0.15, -0.1) is 0 Å². The molecule has 11 rings (SSSR count). The number of hydrogen-bond acceptors (Lipinski definition) is 14. The molecule has 0 amide bonds. The number of anilines is 5. The summed E-state index contributed by atoms with van der Waals surface area (Å²) in [5, 5.41) is 12.2. The zero-order chi connectivity index (χ0) is 43.5. The molecule has 5 aromatic rings. The summed E-state index contributed by atoms with van der Waals surface area (Å²) < 4.78 is 9.42. The first kappa shape index (κ1) is 41.5. The Kier molecular flexibility index (Phi) is 12.0. The molecular weight excluding hydrogens is 795 g/mol. The number of ether oxygens (including phenoxy) is 2. The summed E-state index contributed by atoms with van der Waals surface area (Å²) in [6.07, 6.45) is 15.0. The lowest BCUT2D eigenvalue weighted by molar-refractivity contribution is 0.0592. The number of Topliss-reactive ketones (excluding diaryl/α,β-unsaturated/α-hetero) is 1. The maximum atomic E-state index is 12.7. The highest BCUT2D eigenvalue weighted by molar-refractivity contribution is 5.97. The lowest BCUT2D eigenvalue weighted by atomic mass is 9.96. The molecule has 3 aromatic carbocycles. The van der Waals surface area contributed by atoms with E-state index >= 15 is 0 Å². The minimum atomic E-state index is -0.298. The number of methoxy groups -OCH3 is 2. The summed E-state index contributed by atoms with van der Waals surface area (Å²) in [5.74, 6) is 2.65. The number of carbonyl (C=O) groups excluding carboxylic acids is 3. The van der Waals surface area contributed by atoms with Crippen LogP contribution in [0.15, 0.2) is 79.1 Å². The highest BCUT2D eigenvalue weighted by atomic mass is 16.5. The fourth-order valence-corrected chi connectivity index (χ4v) is 8.85. The molecule has 6 heterocycles. The molecule has 0 spiro atoms. The van der Waals surface area contributed by atoms with E-state index in [0.717, 1.165) is 103 Å². The predicted molar refractivity (Wildman–Crippen MR) is 238 cm³/mol. The number of nitrogens with one attached hydrogen (secondary N) is 1. The van der Waals surface area contributed by atoms with Gasteiger partial charge in [-0.05, 0) is 141 Å². The number of esters is 2. The maximum absolute atomic E-state index is 12.7. The molecule has 1 N–H and O–H groups in total. The molecule has 14 heteroatoms. The largest absolute Gasteiger partial charge is 0.465 e. The van der Waals surface area contributed by atoms with E-state index in [-0.39, 0.29) is 23.6 Å². The van der Waals surface area contributed by atoms with Gasteiger partial charge in [0.1, 0.15) is 0 Å². The molecule has 2 aliphatic carbocycles. The van der Waals surface area contributed by atoms with Crippen LogP contribution in [-0.2, 0) is 28.7 Å². The van der Waals surface area contributed by atoms with Crippen LogP contribution < -0.4 is 15.1 Å². The second-order valence-corrected chi connectivity index (χ2v) is 17.0. The summed E-state index contributed by atoms with van der Waals surface area (Å²) >= 11 is 0. The summed E-state index contributed by atoms with van der Waals surface area (Å²) in [5.41, 5.74) is 11.2. The van der Waals surface area contributed by atoms with E-state index in [0.29, 0.717) is 35.9 Å². The summed E-state index contributed by atoms with van der Waals surface area (Å²) in [6.45, 7) is 4.12. The average Bonchev–Trinajstić information content (AvgIpc) is 4.16. The Morgan fingerprint density at radius 2 is 1.22 bits per heavy atom. The Labute approximate surface area is 367 Å². The van der Waals surface area contributed by atoms with E-state index in [1.807, 2.05) is 67.0 Å². The van der Waals surface area contributed by atoms with Crippen LogP contribution >= 0.6 is 0 Å². The van der Waals surface area contributed by atoms with Gasteiger partial charge in [0, 0.05) is 97.4 Å². The van der Waals surface area contributed by atoms with E-state index < -0.39 is 0 Å². The predicted octanol–water partition coefficient (Wildman–Crippen LogP) is 7.70. The molecule has 3 fully saturated rings. The van der Waals surface area contributed by atoms with Crippen LogP contribution in [0.4, 0.5) is 29.0 Å². The normalized spacial score (nSPS) is 17.8. The first-order chi connectivity index (χ1) is 30.8. The molecule has 0 bridgehead atoms. The van der Waals surface area contributed by atoms with Gasteiger partial charge >= 0.3 is 11.9 Å². The van der Waals surface area contributed by atoms with E-state index in [1.165, 1.54) is 51.0 Å². The van der Waals surface area contributed by atoms with Gasteiger partial charge in [0.05, 0.1) is 25.3 Å². The molecule has 1 atom stereocenters. The number of nitrogens with zero attached hydrogens (tertiary/aromatic N) is 8. The van der Waals surface area contributed by atoms with Crippen molar-refractivity contribution in [1.82, 2.24) is 24.8 Å². The van der Waals surface area contributed by atoms with Crippen LogP contribution in [0, 0.1) is 17.4 Å². The molecule has 6 aliphatic rings. The summed E-state index contributed by atoms with van der Waals surface area (Å²) in [7, 11) is 2.80. The molecule has 4 aliphatic heterocycles. The zero-order valence-corrected chi connectivity index (χ0v) is 35.8. The Hall–Kier alpha value is -6.88. The van der Waals surface area contributed by atoms with Gasteiger partial charge in [-0.1, -0.05) is 0 Å². The summed E-state index contributed by atoms with van der Waals surface area (Å²) in [6, 6.07) is 21.3. The fourth-order valence-electron chi connectivity index (χ4n) is 8.85. The third-order valence-electron chi connectivity index (χ3n) is 12.6. The third kappa shape index (κ3) is 9.33. The Morgan fingerprint density at radius 1 is 0.683 bits per heavy atom. The SMILES string of the molecule is COC(=O)c1ccc2c(c1)CCN2.COC(=O)c1ccc2c(c1)CCN2c1nccc(C2CC2)n1.N#CN1CC[C@@H](CC(=O)c2ccc3c(c2)CCN3c2nccc(C3CC3)n2)C1. The Bertz CT molecular complexity index is 2590. The Morgan fingerprint density at radius 3 is 1.76 bits per heavy atom. The van der Waals surface area contributed by atoms with Crippen LogP contribution in [-0.4, -0.2) is 89.5 Å². The van der Waals surface area contributed by atoms with E-state index in [1.54, 1.807) is 17.0 Å². The van der Waals surface area contributed by atoms with Gasteiger partial charge in [-0.3, -0.25) is 4.79 Å². The molecule has 14 nitrogen and oxygen atoms in total. The molecule has 0 radical (unpaired) electrons. The number of likely N-dealkylation sites (tertiary alicyclic amines) is 1. The van der Waals surface area contributed by atoms with E-state index in [9.17, 15) is 14.4 Å². The average molecular weight is 846 g/mol. The topological polar surface area (TPSA) is 167 Å². The second-order valence-electron chi connectivity index (χ2n) is 17.0. The first-order valence-corrected chi connectivity index (χ1v) is 22.0. The number of rotatable bonds is 9. The van der Waals surface area contributed by atoms with Crippen LogP contribution in [0.3, 0.4) is 0 Å². The van der Waals surface area contributed by atoms with Gasteiger partial charge in [-0.2, -0.15) is 5.26 Å². The van der Waals surface area contributed by atoms with Gasteiger partial charge in [0.25, 0.3) is 0 Å². The minimum Gasteiger partial charge on any atom is -0.465 e. The van der Waals surface area contributed by atoms with Crippen molar-refractivity contribution < 1.29 is 23.9 Å². The van der Waals surface area contributed by atoms with Crippen molar-refractivity contribution in [3.8, 4) is 6.19 Å². The highest BCUT2D eigenvalue weighted by Crippen LogP contribution is 2.42. The molecule has 2 aromatic heterocycles. The van der Waals surface area contributed by atoms with E-state index in [4.69, 9.17) is 20.0 Å². The second kappa shape index (κ2) is 18.2. The molecule has 63 heavy (non-hydrogen) atoms. The van der Waals surface area contributed by atoms with Gasteiger partial charge in [0.2, 0.25) is 11.9 Å². The summed E-state index contributed by atoms with van der Waals surface area (Å²) in [4.78, 5) is 60.0. The molecule has 0 unspecified atom stereocenters. The van der Waals surface area contributed by atoms with E-state index in [2.05, 4.69) is 36.0 Å². The number of benzene rings is 3. The van der Waals surface area contributed by atoms with Gasteiger partial charge in [-0.25, -0.2) is 29.5 Å². The minimum absolute atomic E-state index is 0.179. The fraction of sp³-hybridized carbons (Fsp3) is 0.388. The van der Waals surface area contributed by atoms with Crippen molar-refractivity contribution in [2.45, 2.75) is 69.6 Å². The quantitative estimate of drug-likeness (QED) is 0.0871. The lowest BCUT2D eigenvalue weighted by Crippen LogP contribution is -2.17. The third-order valence-corrected chi connectivity index (χ3v) is 12.6. The number of aromatic nitrogens is 4. The first-order valence-electron chi connectivity index (χ1n) is 22.0. The van der Waals surface area contributed by atoms with Gasteiger partial charge in [0.15, 0.2) is 12.0 Å². The van der Waals surface area contributed by atoms with Crippen molar-refractivity contribution in [2.24, 2.45) is 5.92 Å². The number of carbonyl (C=O) groups is 3. The maximum Gasteiger partial charge on any atom is 0.337 e. The molecular formula is C49H51N9O5. The standard InChI is InChI=1S/C22H23N5O.C17H17N3O2.C10H11NO2/c23-14-26-9-6-15(13-26)11-21(28)18-3-4-20-17(12-18)7-10-27(20)22-24-8-5-19(25-22)16-1-2-16;1-22-16(21)13-4-5-15-12(10-13)7-9-20(15)17-18-8-6-14(19-17)11-2-3-11;1-13-10(12)8-2-3-9-7(6-8)4-5-11-9/h3-5,8,12,15-16H,1-2,6-7,9-11,13H2;4-6,8,10-11H,2-3,7,9H2,1H3;2-3,6,11H,4-5H2,1H3/t15-;;/m0../s1. The smallest absolute Gasteiger partial charge is 0.337 e. The zero-order valence-electron chi connectivity index (χ0n) is 35.8. The van der Waals surface area contributed by atoms with Crippen LogP contribution in [0.2, 0.25) is 0 Å². The van der Waals surface area contributed by atoms with Crippen molar-refractivity contribution in [2.75, 3.05) is 62.1 Å². The highest BCUT2D eigenvalue weighted by Gasteiger charge is 2.31. The monoisotopic (exact) mass is 845 g/mol.